The van der Waals surface area contributed by atoms with Gasteiger partial charge in [0, 0.05) is 24.0 Å². The Balaban J connectivity index is 1.51. The SMILES string of the molecule is Cc1nc(-c2cn3c(n2)-c2ccc(-c4cnn(CC(C)(C)O)c4)cc2OCC3)n(C(C)C)n1. The van der Waals surface area contributed by atoms with Crippen molar-refractivity contribution in [1.82, 2.24) is 34.1 Å². The first-order chi connectivity index (χ1) is 15.7. The Hall–Kier alpha value is -3.46. The average molecular weight is 448 g/mol. The van der Waals surface area contributed by atoms with Crippen molar-refractivity contribution >= 4 is 0 Å². The molecular weight excluding hydrogens is 418 g/mol. The van der Waals surface area contributed by atoms with Gasteiger partial charge in [-0.25, -0.2) is 14.6 Å². The fraction of sp³-hybridized carbons (Fsp3) is 0.417. The van der Waals surface area contributed by atoms with Crippen molar-refractivity contribution < 1.29 is 9.84 Å². The highest BCUT2D eigenvalue weighted by atomic mass is 16.5. The Labute approximate surface area is 192 Å². The first kappa shape index (κ1) is 21.4. The summed E-state index contributed by atoms with van der Waals surface area (Å²) in [5.74, 6) is 3.17. The van der Waals surface area contributed by atoms with Gasteiger partial charge >= 0.3 is 0 Å². The molecule has 0 spiro atoms. The van der Waals surface area contributed by atoms with Gasteiger partial charge in [0.2, 0.25) is 0 Å². The lowest BCUT2D eigenvalue weighted by molar-refractivity contribution is 0.0577. The van der Waals surface area contributed by atoms with E-state index in [4.69, 9.17) is 9.72 Å². The van der Waals surface area contributed by atoms with Crippen molar-refractivity contribution in [2.75, 3.05) is 6.61 Å². The van der Waals surface area contributed by atoms with Crippen LogP contribution in [0.25, 0.3) is 34.0 Å². The summed E-state index contributed by atoms with van der Waals surface area (Å²) >= 11 is 0. The number of imidazole rings is 1. The minimum Gasteiger partial charge on any atom is -0.491 e. The van der Waals surface area contributed by atoms with Crippen molar-refractivity contribution in [2.24, 2.45) is 0 Å². The maximum atomic E-state index is 10.1. The Morgan fingerprint density at radius 1 is 1.12 bits per heavy atom. The van der Waals surface area contributed by atoms with Gasteiger partial charge < -0.3 is 14.4 Å². The minimum absolute atomic E-state index is 0.193. The summed E-state index contributed by atoms with van der Waals surface area (Å²) in [5.41, 5.74) is 2.90. The number of nitrogens with zero attached hydrogens (tertiary/aromatic N) is 7. The second-order valence-electron chi connectivity index (χ2n) is 9.46. The fourth-order valence-corrected chi connectivity index (χ4v) is 4.13. The van der Waals surface area contributed by atoms with E-state index < -0.39 is 5.60 Å². The van der Waals surface area contributed by atoms with Gasteiger partial charge in [-0.15, -0.1) is 0 Å². The van der Waals surface area contributed by atoms with E-state index in [1.54, 1.807) is 18.5 Å². The molecule has 1 N–H and O–H groups in total. The quantitative estimate of drug-likeness (QED) is 0.501. The van der Waals surface area contributed by atoms with Gasteiger partial charge in [0.15, 0.2) is 5.82 Å². The van der Waals surface area contributed by atoms with Crippen molar-refractivity contribution in [1.29, 1.82) is 0 Å². The number of rotatable bonds is 5. The number of aliphatic hydroxyl groups is 1. The Morgan fingerprint density at radius 2 is 1.94 bits per heavy atom. The third-order valence-corrected chi connectivity index (χ3v) is 5.56. The summed E-state index contributed by atoms with van der Waals surface area (Å²) in [6.45, 7) is 11.3. The molecule has 4 aromatic rings. The molecule has 0 aliphatic carbocycles. The molecule has 1 aliphatic heterocycles. The predicted octanol–water partition coefficient (Wildman–Crippen LogP) is 3.72. The summed E-state index contributed by atoms with van der Waals surface area (Å²) in [6, 6.07) is 6.33. The van der Waals surface area contributed by atoms with Crippen LogP contribution in [0.3, 0.4) is 0 Å². The monoisotopic (exact) mass is 447 g/mol. The molecule has 5 rings (SSSR count). The maximum Gasteiger partial charge on any atom is 0.178 e. The van der Waals surface area contributed by atoms with Crippen LogP contribution in [0, 0.1) is 6.92 Å². The highest BCUT2D eigenvalue weighted by Gasteiger charge is 2.23. The maximum absolute atomic E-state index is 10.1. The number of hydrogen-bond donors (Lipinski definition) is 1. The number of benzene rings is 1. The molecular formula is C24H29N7O2. The fourth-order valence-electron chi connectivity index (χ4n) is 4.13. The summed E-state index contributed by atoms with van der Waals surface area (Å²) in [7, 11) is 0. The van der Waals surface area contributed by atoms with E-state index in [2.05, 4.69) is 39.7 Å². The van der Waals surface area contributed by atoms with Crippen LogP contribution in [0.15, 0.2) is 36.8 Å². The van der Waals surface area contributed by atoms with E-state index in [1.807, 2.05) is 42.3 Å². The molecule has 172 valence electrons. The van der Waals surface area contributed by atoms with Gasteiger partial charge in [0.05, 0.1) is 30.5 Å². The summed E-state index contributed by atoms with van der Waals surface area (Å²) in [6.07, 6.45) is 5.78. The normalized spacial score (nSPS) is 13.5. The molecule has 1 aliphatic rings. The molecule has 0 bridgehead atoms. The molecule has 33 heavy (non-hydrogen) atoms. The van der Waals surface area contributed by atoms with Gasteiger partial charge in [-0.05, 0) is 52.3 Å². The van der Waals surface area contributed by atoms with Crippen LogP contribution in [0.4, 0.5) is 0 Å². The average Bonchev–Trinajstić information content (AvgIpc) is 3.43. The molecule has 0 fully saturated rings. The van der Waals surface area contributed by atoms with Crippen LogP contribution in [-0.4, -0.2) is 51.4 Å². The van der Waals surface area contributed by atoms with E-state index in [0.29, 0.717) is 19.7 Å². The molecule has 0 saturated carbocycles. The zero-order chi connectivity index (χ0) is 23.3. The summed E-state index contributed by atoms with van der Waals surface area (Å²) in [4.78, 5) is 9.57. The first-order valence-electron chi connectivity index (χ1n) is 11.2. The second-order valence-corrected chi connectivity index (χ2v) is 9.46. The van der Waals surface area contributed by atoms with Crippen LogP contribution in [0.5, 0.6) is 5.75 Å². The highest BCUT2D eigenvalue weighted by molar-refractivity contribution is 5.74. The largest absolute Gasteiger partial charge is 0.491 e. The van der Waals surface area contributed by atoms with Gasteiger partial charge in [-0.2, -0.15) is 10.2 Å². The van der Waals surface area contributed by atoms with Crippen molar-refractivity contribution in [2.45, 2.75) is 59.4 Å². The van der Waals surface area contributed by atoms with Crippen LogP contribution in [-0.2, 0) is 13.1 Å². The molecule has 9 nitrogen and oxygen atoms in total. The van der Waals surface area contributed by atoms with Gasteiger partial charge in [0.25, 0.3) is 0 Å². The summed E-state index contributed by atoms with van der Waals surface area (Å²) in [5, 5.41) is 19.0. The standard InChI is InChI=1S/C24H29N7O2/c1-15(2)31-23(26-16(3)28-31)20-13-29-8-9-33-21-10-17(6-7-19(21)22(29)27-20)18-11-25-30(12-18)14-24(4,5)32/h6-7,10-13,15,32H,8-9,14H2,1-5H3. The van der Waals surface area contributed by atoms with Crippen LogP contribution in [0.1, 0.15) is 39.6 Å². The molecule has 1 aromatic carbocycles. The lowest BCUT2D eigenvalue weighted by atomic mass is 10.1. The lowest BCUT2D eigenvalue weighted by Crippen LogP contribution is -2.26. The van der Waals surface area contributed by atoms with Gasteiger partial charge in [-0.3, -0.25) is 4.68 Å². The molecule has 0 radical (unpaired) electrons. The lowest BCUT2D eigenvalue weighted by Gasteiger charge is -2.16. The first-order valence-corrected chi connectivity index (χ1v) is 11.2. The van der Waals surface area contributed by atoms with Gasteiger partial charge in [-0.1, -0.05) is 6.07 Å². The molecule has 0 unspecified atom stereocenters. The van der Waals surface area contributed by atoms with E-state index in [1.165, 1.54) is 0 Å². The molecule has 0 atom stereocenters. The molecule has 0 saturated heterocycles. The predicted molar refractivity (Wildman–Crippen MR) is 125 cm³/mol. The molecule has 4 heterocycles. The van der Waals surface area contributed by atoms with Crippen LogP contribution < -0.4 is 4.74 Å². The zero-order valence-electron chi connectivity index (χ0n) is 19.6. The zero-order valence-corrected chi connectivity index (χ0v) is 19.6. The van der Waals surface area contributed by atoms with E-state index in [0.717, 1.165) is 45.6 Å². The number of hydrogen-bond acceptors (Lipinski definition) is 6. The molecule has 9 heteroatoms. The number of aryl methyl sites for hydroxylation is 1. The topological polar surface area (TPSA) is 95.8 Å². The highest BCUT2D eigenvalue weighted by Crippen LogP contribution is 2.37. The van der Waals surface area contributed by atoms with Crippen molar-refractivity contribution in [3.63, 3.8) is 0 Å². The Kier molecular flexibility index (Phi) is 5.08. The van der Waals surface area contributed by atoms with Gasteiger partial charge in [0.1, 0.15) is 29.7 Å². The third kappa shape index (κ3) is 4.16. The number of ether oxygens (including phenoxy) is 1. The molecule has 0 amide bonds. The van der Waals surface area contributed by atoms with Crippen LogP contribution >= 0.6 is 0 Å². The third-order valence-electron chi connectivity index (χ3n) is 5.56. The van der Waals surface area contributed by atoms with Crippen molar-refractivity contribution in [3.8, 4) is 39.8 Å². The van der Waals surface area contributed by atoms with E-state index in [9.17, 15) is 5.11 Å². The Morgan fingerprint density at radius 3 is 2.70 bits per heavy atom. The smallest absolute Gasteiger partial charge is 0.178 e. The minimum atomic E-state index is -0.826. The second kappa shape index (κ2) is 7.84. The van der Waals surface area contributed by atoms with Crippen molar-refractivity contribution in [3.05, 3.63) is 42.6 Å². The van der Waals surface area contributed by atoms with E-state index in [-0.39, 0.29) is 6.04 Å². The molecule has 3 aromatic heterocycles. The summed E-state index contributed by atoms with van der Waals surface area (Å²) < 4.78 is 11.9. The number of fused-ring (bicyclic) bond motifs is 3. The van der Waals surface area contributed by atoms with E-state index >= 15 is 0 Å². The number of aromatic nitrogens is 7. The Bertz CT molecular complexity index is 1310. The van der Waals surface area contributed by atoms with Crippen LogP contribution in [0.2, 0.25) is 0 Å².